The van der Waals surface area contributed by atoms with E-state index >= 15 is 0 Å². The minimum absolute atomic E-state index is 1.07. The molecule has 4 nitrogen and oxygen atoms in total. The van der Waals surface area contributed by atoms with E-state index in [1.165, 1.54) is 25.4 Å². The Bertz CT molecular complexity index is 110. The molecule has 0 N–H and O–H groups in total. The Morgan fingerprint density at radius 2 is 1.00 bits per heavy atom. The van der Waals surface area contributed by atoms with E-state index in [0.717, 1.165) is 0 Å². The van der Waals surface area contributed by atoms with Gasteiger partial charge in [0.05, 0.1) is 14.2 Å². The summed E-state index contributed by atoms with van der Waals surface area (Å²) >= 11 is 2.03. The quantitative estimate of drug-likeness (QED) is 0.547. The lowest BCUT2D eigenvalue weighted by atomic mass is 11.6. The number of methoxy groups -OCH3 is 1. The van der Waals surface area contributed by atoms with Crippen molar-refractivity contribution in [3.63, 3.8) is 0 Å². The SMILES string of the molecule is COC.COS(C)=O.COSC.CSC.CSSC. The molecule has 0 bridgehead atoms. The second kappa shape index (κ2) is 50.5. The van der Waals surface area contributed by atoms with E-state index in [9.17, 15) is 4.21 Å². The van der Waals surface area contributed by atoms with Crippen molar-refractivity contribution in [1.29, 1.82) is 0 Å². The van der Waals surface area contributed by atoms with Crippen molar-refractivity contribution in [2.75, 3.05) is 66.0 Å². The molecule has 0 aromatic rings. The maximum atomic E-state index is 9.70. The smallest absolute Gasteiger partial charge is 0.151 e. The van der Waals surface area contributed by atoms with Crippen molar-refractivity contribution >= 4 is 56.5 Å². The molecule has 0 spiro atoms. The van der Waals surface area contributed by atoms with Crippen molar-refractivity contribution in [3.05, 3.63) is 0 Å². The predicted molar refractivity (Wildman–Crippen MR) is 101 cm³/mol. The third kappa shape index (κ3) is 200. The van der Waals surface area contributed by atoms with Gasteiger partial charge in [0.15, 0.2) is 11.1 Å². The van der Waals surface area contributed by atoms with Gasteiger partial charge in [0.1, 0.15) is 0 Å². The lowest BCUT2D eigenvalue weighted by Crippen LogP contribution is -1.83. The second-order valence-electron chi connectivity index (χ2n) is 2.05. The van der Waals surface area contributed by atoms with E-state index in [1.54, 1.807) is 54.7 Å². The largest absolute Gasteiger partial charge is 0.388 e. The molecule has 0 saturated heterocycles. The molecule has 0 fully saturated rings. The molecule has 0 aliphatic carbocycles. The summed E-state index contributed by atoms with van der Waals surface area (Å²) in [4.78, 5) is 0. The first-order valence-electron chi connectivity index (χ1n) is 4.75. The standard InChI is InChI=1S/C2H6O2S.C2H6OS.C2H6O.C2H6S2.C2H6S/c1-4-5(2)3;1-3-4-2;1-3-2;1-3-4-2;1-3-2/h1-2H3;1-2H3;1-2H3;1-2H3;1-2H3. The molecule has 0 heterocycles. The van der Waals surface area contributed by atoms with Crippen molar-refractivity contribution in [2.45, 2.75) is 0 Å². The topological polar surface area (TPSA) is 44.8 Å². The number of ether oxygens (including phenoxy) is 1. The molecule has 19 heavy (non-hydrogen) atoms. The van der Waals surface area contributed by atoms with Crippen molar-refractivity contribution in [2.24, 2.45) is 0 Å². The van der Waals surface area contributed by atoms with Crippen LogP contribution in [0.15, 0.2) is 0 Å². The highest BCUT2D eigenvalue weighted by Crippen LogP contribution is 2.09. The lowest BCUT2D eigenvalue weighted by molar-refractivity contribution is 0.277. The summed E-state index contributed by atoms with van der Waals surface area (Å²) in [5.41, 5.74) is 0. The first kappa shape index (κ1) is 32.4. The van der Waals surface area contributed by atoms with Crippen molar-refractivity contribution in [3.8, 4) is 0 Å². The molecule has 0 aromatic heterocycles. The van der Waals surface area contributed by atoms with Crippen LogP contribution in [0.2, 0.25) is 0 Å². The highest BCUT2D eigenvalue weighted by Gasteiger charge is 1.72. The Hall–Kier alpha value is 1.43. The summed E-state index contributed by atoms with van der Waals surface area (Å²) in [6.45, 7) is 0. The van der Waals surface area contributed by atoms with Gasteiger partial charge >= 0.3 is 0 Å². The predicted octanol–water partition coefficient (Wildman–Crippen LogP) is 3.71. The normalized spacial score (nSPS) is 8.95. The van der Waals surface area contributed by atoms with E-state index in [4.69, 9.17) is 0 Å². The van der Waals surface area contributed by atoms with Crippen LogP contribution in [0.1, 0.15) is 0 Å². The van der Waals surface area contributed by atoms with E-state index < -0.39 is 11.1 Å². The van der Waals surface area contributed by atoms with E-state index in [0.29, 0.717) is 0 Å². The summed E-state index contributed by atoms with van der Waals surface area (Å²) < 4.78 is 22.6. The maximum Gasteiger partial charge on any atom is 0.151 e. The van der Waals surface area contributed by atoms with Crippen LogP contribution in [0.25, 0.3) is 0 Å². The molecule has 0 amide bonds. The molecule has 1 unspecified atom stereocenters. The molecule has 124 valence electrons. The van der Waals surface area contributed by atoms with Crippen LogP contribution < -0.4 is 0 Å². The minimum Gasteiger partial charge on any atom is -0.388 e. The molecule has 1 atom stereocenters. The molecule has 0 aliphatic rings. The number of thioether (sulfide) groups is 1. The van der Waals surface area contributed by atoms with Gasteiger partial charge in [0.2, 0.25) is 0 Å². The van der Waals surface area contributed by atoms with Gasteiger partial charge in [-0.3, -0.25) is 4.18 Å². The van der Waals surface area contributed by atoms with E-state index in [-0.39, 0.29) is 0 Å². The van der Waals surface area contributed by atoms with E-state index in [1.807, 2.05) is 18.8 Å². The second-order valence-corrected chi connectivity index (χ2v) is 7.34. The molecular weight excluding hydrogens is 344 g/mol. The van der Waals surface area contributed by atoms with Gasteiger partial charge in [0.25, 0.3) is 0 Å². The van der Waals surface area contributed by atoms with Crippen LogP contribution in [0, 0.1) is 0 Å². The van der Waals surface area contributed by atoms with Gasteiger partial charge < -0.3 is 8.92 Å². The fourth-order valence-corrected chi connectivity index (χ4v) is 0. The zero-order chi connectivity index (χ0) is 16.5. The fraction of sp³-hybridized carbons (Fsp3) is 1.00. The molecule has 0 rings (SSSR count). The third-order valence-corrected chi connectivity index (χ3v) is 2.70. The molecule has 0 saturated carbocycles. The Morgan fingerprint density at radius 3 is 1.00 bits per heavy atom. The van der Waals surface area contributed by atoms with Crippen LogP contribution >= 0.6 is 45.4 Å². The Labute approximate surface area is 139 Å². The van der Waals surface area contributed by atoms with Crippen LogP contribution in [-0.4, -0.2) is 70.2 Å². The zero-order valence-corrected chi connectivity index (χ0v) is 17.8. The van der Waals surface area contributed by atoms with Gasteiger partial charge in [-0.25, -0.2) is 4.21 Å². The summed E-state index contributed by atoms with van der Waals surface area (Å²) in [6, 6.07) is 0. The van der Waals surface area contributed by atoms with Gasteiger partial charge in [0, 0.05) is 26.7 Å². The highest BCUT2D eigenvalue weighted by atomic mass is 33.1. The van der Waals surface area contributed by atoms with Crippen molar-refractivity contribution < 1.29 is 17.3 Å². The van der Waals surface area contributed by atoms with Gasteiger partial charge in [-0.15, -0.1) is 0 Å². The summed E-state index contributed by atoms with van der Waals surface area (Å²) in [5, 5.41) is 0. The Balaban J connectivity index is -0.0000000437. The fourth-order valence-electron chi connectivity index (χ4n) is 0. The monoisotopic (exact) mass is 374 g/mol. The van der Waals surface area contributed by atoms with Gasteiger partial charge in [-0.2, -0.15) is 11.8 Å². The number of hydrogen-bond donors (Lipinski definition) is 0. The van der Waals surface area contributed by atoms with Crippen LogP contribution in [0.5, 0.6) is 0 Å². The summed E-state index contributed by atoms with van der Waals surface area (Å²) in [5.74, 6) is 0. The van der Waals surface area contributed by atoms with Crippen LogP contribution in [0.4, 0.5) is 0 Å². The first-order valence-corrected chi connectivity index (χ1v) is 12.0. The van der Waals surface area contributed by atoms with Crippen molar-refractivity contribution in [1.82, 2.24) is 0 Å². The zero-order valence-electron chi connectivity index (χ0n) is 13.7. The Morgan fingerprint density at radius 1 is 0.842 bits per heavy atom. The van der Waals surface area contributed by atoms with Gasteiger partial charge in [-0.05, 0) is 37.1 Å². The third-order valence-electron chi connectivity index (χ3n) is 0.568. The minimum atomic E-state index is -1.07. The molecule has 0 aliphatic heterocycles. The average Bonchev–Trinajstić information content (AvgIpc) is 2.41. The molecule has 0 aromatic carbocycles. The van der Waals surface area contributed by atoms with Crippen LogP contribution in [0.3, 0.4) is 0 Å². The highest BCUT2D eigenvalue weighted by molar-refractivity contribution is 8.76. The Kier molecular flexibility index (Phi) is 86.1. The number of rotatable bonds is 3. The average molecular weight is 375 g/mol. The summed E-state index contributed by atoms with van der Waals surface area (Å²) in [7, 11) is 9.84. The molecule has 9 heteroatoms. The molecular formula is C10H30O4S5. The first-order chi connectivity index (χ1) is 8.93. The summed E-state index contributed by atoms with van der Waals surface area (Å²) in [6.07, 6.45) is 11.6. The van der Waals surface area contributed by atoms with Crippen LogP contribution in [-0.2, 0) is 24.2 Å². The van der Waals surface area contributed by atoms with E-state index in [2.05, 4.69) is 25.6 Å². The number of hydrogen-bond acceptors (Lipinski definition) is 8. The maximum absolute atomic E-state index is 9.70. The van der Waals surface area contributed by atoms with Gasteiger partial charge in [-0.1, -0.05) is 21.6 Å². The molecule has 0 radical (unpaired) electrons. The lowest BCUT2D eigenvalue weighted by Gasteiger charge is -1.78.